The molecule has 0 unspecified atom stereocenters. The molecule has 0 saturated carbocycles. The van der Waals surface area contributed by atoms with E-state index in [1.807, 2.05) is 26.0 Å². The van der Waals surface area contributed by atoms with E-state index in [0.717, 1.165) is 24.0 Å². The van der Waals surface area contributed by atoms with Crippen molar-refractivity contribution >= 4 is 18.4 Å². The minimum absolute atomic E-state index is 0. The van der Waals surface area contributed by atoms with E-state index < -0.39 is 0 Å². The molecule has 2 fully saturated rings. The van der Waals surface area contributed by atoms with Crippen molar-refractivity contribution in [2.45, 2.75) is 57.7 Å². The zero-order valence-electron chi connectivity index (χ0n) is 13.0. The lowest BCUT2D eigenvalue weighted by molar-refractivity contribution is -0.000466. The molecule has 1 aromatic carbocycles. The number of piperidine rings is 1. The molecule has 0 aliphatic carbocycles. The van der Waals surface area contributed by atoms with Gasteiger partial charge in [-0.05, 0) is 45.9 Å². The predicted molar refractivity (Wildman–Crippen MR) is 86.2 cm³/mol. The number of halogens is 1. The molecule has 0 spiro atoms. The number of ether oxygens (including phenoxy) is 1. The molecule has 3 nitrogen and oxygen atoms in total. The predicted octanol–water partition coefficient (Wildman–Crippen LogP) is 3.51. The van der Waals surface area contributed by atoms with E-state index in [2.05, 4.69) is 18.0 Å². The molecular formula is C17H24ClNO2. The maximum Gasteiger partial charge on any atom is 0.338 e. The molecule has 4 heteroatoms. The Balaban J connectivity index is 0.00000161. The number of carbonyl (C=O) groups is 1. The molecule has 0 amide bonds. The molecule has 2 heterocycles. The van der Waals surface area contributed by atoms with Crippen LogP contribution < -0.4 is 0 Å². The van der Waals surface area contributed by atoms with Crippen LogP contribution in [0, 0.1) is 13.8 Å². The fraction of sp³-hybridized carbons (Fsp3) is 0.588. The number of fused-ring (bicyclic) bond motifs is 2. The van der Waals surface area contributed by atoms with Crippen LogP contribution in [-0.2, 0) is 4.74 Å². The van der Waals surface area contributed by atoms with Crippen LogP contribution in [0.5, 0.6) is 0 Å². The second kappa shape index (κ2) is 6.37. The van der Waals surface area contributed by atoms with E-state index in [9.17, 15) is 4.79 Å². The molecule has 2 atom stereocenters. The lowest BCUT2D eigenvalue weighted by Crippen LogP contribution is -2.43. The van der Waals surface area contributed by atoms with Gasteiger partial charge in [0.1, 0.15) is 6.10 Å². The lowest BCUT2D eigenvalue weighted by Gasteiger charge is -2.35. The van der Waals surface area contributed by atoms with Gasteiger partial charge < -0.3 is 9.64 Å². The third kappa shape index (κ3) is 3.41. The molecule has 2 bridgehead atoms. The van der Waals surface area contributed by atoms with E-state index in [1.54, 1.807) is 0 Å². The highest BCUT2D eigenvalue weighted by Crippen LogP contribution is 2.35. The van der Waals surface area contributed by atoms with E-state index >= 15 is 0 Å². The van der Waals surface area contributed by atoms with Crippen LogP contribution in [0.15, 0.2) is 18.2 Å². The Morgan fingerprint density at radius 2 is 1.62 bits per heavy atom. The second-order valence-electron chi connectivity index (χ2n) is 6.43. The molecule has 116 valence electrons. The first kappa shape index (κ1) is 16.3. The van der Waals surface area contributed by atoms with Crippen molar-refractivity contribution in [3.8, 4) is 0 Å². The number of aryl methyl sites for hydroxylation is 2. The lowest BCUT2D eigenvalue weighted by atomic mass is 10.0. The fourth-order valence-electron chi connectivity index (χ4n) is 3.77. The van der Waals surface area contributed by atoms with Crippen molar-refractivity contribution in [3.63, 3.8) is 0 Å². The summed E-state index contributed by atoms with van der Waals surface area (Å²) in [6, 6.07) is 7.11. The third-order valence-corrected chi connectivity index (χ3v) is 4.79. The average Bonchev–Trinajstić information content (AvgIpc) is 2.61. The average molecular weight is 310 g/mol. The summed E-state index contributed by atoms with van der Waals surface area (Å²) in [5.41, 5.74) is 2.91. The minimum Gasteiger partial charge on any atom is -0.459 e. The number of carbonyl (C=O) groups excluding carboxylic acids is 1. The highest BCUT2D eigenvalue weighted by molar-refractivity contribution is 5.90. The summed E-state index contributed by atoms with van der Waals surface area (Å²) in [6.07, 6.45) is 4.57. The molecule has 2 aliphatic rings. The quantitative estimate of drug-likeness (QED) is 0.783. The van der Waals surface area contributed by atoms with Gasteiger partial charge in [0, 0.05) is 24.9 Å². The summed E-state index contributed by atoms with van der Waals surface area (Å²) in [7, 11) is 2.20. The van der Waals surface area contributed by atoms with Crippen molar-refractivity contribution in [1.29, 1.82) is 0 Å². The van der Waals surface area contributed by atoms with Crippen molar-refractivity contribution in [2.24, 2.45) is 0 Å². The molecule has 2 aliphatic heterocycles. The van der Waals surface area contributed by atoms with Crippen molar-refractivity contribution in [2.75, 3.05) is 7.05 Å². The zero-order chi connectivity index (χ0) is 14.3. The zero-order valence-corrected chi connectivity index (χ0v) is 13.8. The first-order valence-corrected chi connectivity index (χ1v) is 7.54. The van der Waals surface area contributed by atoms with Crippen LogP contribution in [0.3, 0.4) is 0 Å². The highest BCUT2D eigenvalue weighted by atomic mass is 35.5. The maximum absolute atomic E-state index is 12.3. The smallest absolute Gasteiger partial charge is 0.338 e. The molecule has 3 rings (SSSR count). The van der Waals surface area contributed by atoms with Gasteiger partial charge in [-0.15, -0.1) is 12.4 Å². The van der Waals surface area contributed by atoms with Gasteiger partial charge in [-0.1, -0.05) is 17.2 Å². The Morgan fingerprint density at radius 3 is 2.14 bits per heavy atom. The van der Waals surface area contributed by atoms with Crippen LogP contribution in [0.1, 0.15) is 47.2 Å². The van der Waals surface area contributed by atoms with Gasteiger partial charge in [0.2, 0.25) is 0 Å². The molecular weight excluding hydrogens is 286 g/mol. The maximum atomic E-state index is 12.3. The molecule has 0 radical (unpaired) electrons. The number of rotatable bonds is 2. The standard InChI is InChI=1S/C17H23NO2.ClH/c1-11-6-12(2)8-13(7-11)17(19)20-16-9-14-4-5-15(10-16)18(14)3;/h6-8,14-16H,4-5,9-10H2,1-3H3;1H/t14-,15-;/m1./s1. The Kier molecular flexibility index (Phi) is 4.95. The number of benzene rings is 1. The van der Waals surface area contributed by atoms with Crippen LogP contribution >= 0.6 is 12.4 Å². The summed E-state index contributed by atoms with van der Waals surface area (Å²) >= 11 is 0. The normalized spacial score (nSPS) is 28.0. The van der Waals surface area contributed by atoms with E-state index in [1.165, 1.54) is 12.8 Å². The van der Waals surface area contributed by atoms with Gasteiger partial charge >= 0.3 is 5.97 Å². The molecule has 2 saturated heterocycles. The Morgan fingerprint density at radius 1 is 1.10 bits per heavy atom. The number of esters is 1. The van der Waals surface area contributed by atoms with Crippen molar-refractivity contribution in [3.05, 3.63) is 34.9 Å². The summed E-state index contributed by atoms with van der Waals surface area (Å²) in [6.45, 7) is 4.03. The van der Waals surface area contributed by atoms with Gasteiger partial charge in [-0.3, -0.25) is 0 Å². The Hall–Kier alpha value is -1.06. The Labute approximate surface area is 133 Å². The van der Waals surface area contributed by atoms with E-state index in [0.29, 0.717) is 17.6 Å². The SMILES string of the molecule is Cc1cc(C)cc(C(=O)OC2C[C@H]3CC[C@H](C2)N3C)c1.Cl. The summed E-state index contributed by atoms with van der Waals surface area (Å²) in [4.78, 5) is 14.8. The highest BCUT2D eigenvalue weighted by Gasteiger charge is 2.39. The third-order valence-electron chi connectivity index (χ3n) is 4.79. The number of hydrogen-bond acceptors (Lipinski definition) is 3. The number of hydrogen-bond donors (Lipinski definition) is 0. The molecule has 1 aromatic rings. The van der Waals surface area contributed by atoms with E-state index in [4.69, 9.17) is 4.74 Å². The largest absolute Gasteiger partial charge is 0.459 e. The fourth-order valence-corrected chi connectivity index (χ4v) is 3.77. The second-order valence-corrected chi connectivity index (χ2v) is 6.43. The van der Waals surface area contributed by atoms with Crippen LogP contribution in [0.25, 0.3) is 0 Å². The van der Waals surface area contributed by atoms with Crippen LogP contribution in [-0.4, -0.2) is 36.1 Å². The van der Waals surface area contributed by atoms with Crippen LogP contribution in [0.4, 0.5) is 0 Å². The van der Waals surface area contributed by atoms with Crippen molar-refractivity contribution < 1.29 is 9.53 Å². The minimum atomic E-state index is -0.161. The van der Waals surface area contributed by atoms with Gasteiger partial charge in [0.05, 0.1) is 5.56 Å². The van der Waals surface area contributed by atoms with Gasteiger partial charge in [0.15, 0.2) is 0 Å². The first-order valence-electron chi connectivity index (χ1n) is 7.54. The molecule has 21 heavy (non-hydrogen) atoms. The topological polar surface area (TPSA) is 29.5 Å². The van der Waals surface area contributed by atoms with E-state index in [-0.39, 0.29) is 24.5 Å². The van der Waals surface area contributed by atoms with Crippen molar-refractivity contribution in [1.82, 2.24) is 4.90 Å². The summed E-state index contributed by atoms with van der Waals surface area (Å²) in [5, 5.41) is 0. The summed E-state index contributed by atoms with van der Waals surface area (Å²) in [5.74, 6) is -0.161. The molecule has 0 N–H and O–H groups in total. The first-order chi connectivity index (χ1) is 9.52. The van der Waals surface area contributed by atoms with Gasteiger partial charge in [0.25, 0.3) is 0 Å². The number of nitrogens with zero attached hydrogens (tertiary/aromatic N) is 1. The molecule has 0 aromatic heterocycles. The Bertz CT molecular complexity index is 497. The van der Waals surface area contributed by atoms with Gasteiger partial charge in [-0.25, -0.2) is 4.79 Å². The van der Waals surface area contributed by atoms with Gasteiger partial charge in [-0.2, -0.15) is 0 Å². The monoisotopic (exact) mass is 309 g/mol. The van der Waals surface area contributed by atoms with Crippen LogP contribution in [0.2, 0.25) is 0 Å². The summed E-state index contributed by atoms with van der Waals surface area (Å²) < 4.78 is 5.75.